The Morgan fingerprint density at radius 2 is 1.52 bits per heavy atom. The fourth-order valence-electron chi connectivity index (χ4n) is 2.80. The lowest BCUT2D eigenvalue weighted by molar-refractivity contribution is 0.579. The van der Waals surface area contributed by atoms with E-state index in [1.165, 1.54) is 0 Å². The van der Waals surface area contributed by atoms with Crippen LogP contribution < -0.4 is 4.72 Å². The van der Waals surface area contributed by atoms with Gasteiger partial charge in [-0.2, -0.15) is 0 Å². The first-order chi connectivity index (χ1) is 13.0. The number of H-pyrrole nitrogens is 1. The van der Waals surface area contributed by atoms with E-state index in [0.29, 0.717) is 10.8 Å². The molecule has 7 heteroatoms. The lowest BCUT2D eigenvalue weighted by Gasteiger charge is -2.07. The summed E-state index contributed by atoms with van der Waals surface area (Å²) in [7, 11) is -3.63. The molecule has 5 nitrogen and oxygen atoms in total. The number of hydrogen-bond acceptors (Lipinski definition) is 3. The second-order valence-corrected chi connectivity index (χ2v) is 8.26. The van der Waals surface area contributed by atoms with Crippen molar-refractivity contribution in [3.05, 3.63) is 83.6 Å². The standard InChI is InChI=1S/C20H16ClN3O2S/c21-16-9-5-14(6-10-16)15-7-11-17(12-8-15)27(25,26)22-13-20-23-18-3-1-2-4-19(18)24-20/h1-12,22H,13H2,(H,23,24). The molecule has 0 aliphatic rings. The topological polar surface area (TPSA) is 74.8 Å². The normalized spacial score (nSPS) is 11.7. The average molecular weight is 398 g/mol. The lowest BCUT2D eigenvalue weighted by Crippen LogP contribution is -2.23. The number of aromatic nitrogens is 2. The molecule has 1 aromatic heterocycles. The van der Waals surface area contributed by atoms with Gasteiger partial charge in [-0.3, -0.25) is 0 Å². The number of aromatic amines is 1. The van der Waals surface area contributed by atoms with Crippen molar-refractivity contribution in [1.82, 2.24) is 14.7 Å². The molecule has 0 amide bonds. The van der Waals surface area contributed by atoms with Crippen LogP contribution in [0.2, 0.25) is 5.02 Å². The molecule has 27 heavy (non-hydrogen) atoms. The van der Waals surface area contributed by atoms with E-state index in [1.54, 1.807) is 36.4 Å². The zero-order valence-corrected chi connectivity index (χ0v) is 15.8. The molecule has 0 unspecified atom stereocenters. The molecule has 0 fully saturated rings. The number of halogens is 1. The zero-order valence-electron chi connectivity index (χ0n) is 14.2. The molecule has 3 aromatic carbocycles. The summed E-state index contributed by atoms with van der Waals surface area (Å²) in [6.45, 7) is 0.0932. The van der Waals surface area contributed by atoms with Crippen LogP contribution in [0.25, 0.3) is 22.2 Å². The Balaban J connectivity index is 1.50. The predicted octanol–water partition coefficient (Wildman–Crippen LogP) is 4.36. The predicted molar refractivity (Wildman–Crippen MR) is 107 cm³/mol. The van der Waals surface area contributed by atoms with E-state index in [-0.39, 0.29) is 11.4 Å². The summed E-state index contributed by atoms with van der Waals surface area (Å²) in [5, 5.41) is 0.660. The zero-order chi connectivity index (χ0) is 18.9. The third-order valence-electron chi connectivity index (χ3n) is 4.21. The number of nitrogens with one attached hydrogen (secondary N) is 2. The molecule has 0 bridgehead atoms. The molecule has 1 heterocycles. The third-order valence-corrected chi connectivity index (χ3v) is 5.88. The minimum atomic E-state index is -3.63. The number of nitrogens with zero attached hydrogens (tertiary/aromatic N) is 1. The van der Waals surface area contributed by atoms with E-state index in [2.05, 4.69) is 14.7 Å². The Morgan fingerprint density at radius 1 is 0.889 bits per heavy atom. The van der Waals surface area contributed by atoms with Gasteiger partial charge in [0.15, 0.2) is 0 Å². The van der Waals surface area contributed by atoms with Crippen molar-refractivity contribution in [3.8, 4) is 11.1 Å². The van der Waals surface area contributed by atoms with Crippen molar-refractivity contribution in [1.29, 1.82) is 0 Å². The summed E-state index contributed by atoms with van der Waals surface area (Å²) < 4.78 is 27.7. The van der Waals surface area contributed by atoms with Crippen molar-refractivity contribution in [2.45, 2.75) is 11.4 Å². The molecule has 0 radical (unpaired) electrons. The smallest absolute Gasteiger partial charge is 0.240 e. The van der Waals surface area contributed by atoms with Crippen molar-refractivity contribution >= 4 is 32.7 Å². The van der Waals surface area contributed by atoms with Gasteiger partial charge in [-0.1, -0.05) is 48.0 Å². The summed E-state index contributed by atoms with van der Waals surface area (Å²) in [5.74, 6) is 0.567. The number of rotatable bonds is 5. The van der Waals surface area contributed by atoms with Crippen molar-refractivity contribution in [2.24, 2.45) is 0 Å². The summed E-state index contributed by atoms with van der Waals surface area (Å²) in [5.41, 5.74) is 3.57. The molecule has 4 aromatic rings. The highest BCUT2D eigenvalue weighted by atomic mass is 35.5. The molecule has 136 valence electrons. The summed E-state index contributed by atoms with van der Waals surface area (Å²) in [6, 6.07) is 21.7. The highest BCUT2D eigenvalue weighted by Crippen LogP contribution is 2.23. The van der Waals surface area contributed by atoms with Crippen LogP contribution in [-0.2, 0) is 16.6 Å². The second-order valence-electron chi connectivity index (χ2n) is 6.06. The number of fused-ring (bicyclic) bond motifs is 1. The maximum atomic E-state index is 12.5. The van der Waals surface area contributed by atoms with Crippen molar-refractivity contribution in [2.75, 3.05) is 0 Å². The molecule has 0 aliphatic carbocycles. The lowest BCUT2D eigenvalue weighted by atomic mass is 10.1. The van der Waals surface area contributed by atoms with Crippen molar-refractivity contribution < 1.29 is 8.42 Å². The maximum absolute atomic E-state index is 12.5. The molecule has 0 spiro atoms. The maximum Gasteiger partial charge on any atom is 0.240 e. The summed E-state index contributed by atoms with van der Waals surface area (Å²) in [4.78, 5) is 7.69. The van der Waals surface area contributed by atoms with Gasteiger partial charge >= 0.3 is 0 Å². The average Bonchev–Trinajstić information content (AvgIpc) is 3.10. The Labute approximate surface area is 162 Å². The number of hydrogen-bond donors (Lipinski definition) is 2. The molecule has 0 saturated carbocycles. The van der Waals surface area contributed by atoms with E-state index in [0.717, 1.165) is 22.2 Å². The van der Waals surface area contributed by atoms with Crippen LogP contribution in [0.1, 0.15) is 5.82 Å². The van der Waals surface area contributed by atoms with Crippen molar-refractivity contribution in [3.63, 3.8) is 0 Å². The Bertz CT molecular complexity index is 1150. The molecule has 0 saturated heterocycles. The summed E-state index contributed by atoms with van der Waals surface area (Å²) >= 11 is 5.90. The van der Waals surface area contributed by atoms with Gasteiger partial charge in [0.05, 0.1) is 22.5 Å². The molecular formula is C20H16ClN3O2S. The molecule has 2 N–H and O–H groups in total. The second kappa shape index (κ2) is 7.15. The van der Waals surface area contributed by atoms with E-state index in [9.17, 15) is 8.42 Å². The monoisotopic (exact) mass is 397 g/mol. The van der Waals surface area contributed by atoms with Crippen LogP contribution in [0.5, 0.6) is 0 Å². The van der Waals surface area contributed by atoms with Gasteiger partial charge < -0.3 is 4.98 Å². The number of sulfonamides is 1. The Kier molecular flexibility index (Phi) is 4.70. The first kappa shape index (κ1) is 17.7. The molecule has 0 aliphatic heterocycles. The Hall–Kier alpha value is -2.67. The highest BCUT2D eigenvalue weighted by Gasteiger charge is 2.15. The quantitative estimate of drug-likeness (QED) is 0.525. The Morgan fingerprint density at radius 3 is 2.19 bits per heavy atom. The molecule has 0 atom stereocenters. The SMILES string of the molecule is O=S(=O)(NCc1nc2ccccc2[nH]1)c1ccc(-c2ccc(Cl)cc2)cc1. The van der Waals surface area contributed by atoms with Crippen LogP contribution >= 0.6 is 11.6 Å². The number of para-hydroxylation sites is 2. The minimum Gasteiger partial charge on any atom is -0.341 e. The van der Waals surface area contributed by atoms with Gasteiger partial charge in [0.2, 0.25) is 10.0 Å². The first-order valence-electron chi connectivity index (χ1n) is 8.30. The van der Waals surface area contributed by atoms with E-state index < -0.39 is 10.0 Å². The van der Waals surface area contributed by atoms with Crippen LogP contribution in [-0.4, -0.2) is 18.4 Å². The molecular weight excluding hydrogens is 382 g/mol. The van der Waals surface area contributed by atoms with Crippen LogP contribution in [0.4, 0.5) is 0 Å². The number of imidazole rings is 1. The van der Waals surface area contributed by atoms with Gasteiger partial charge in [0.1, 0.15) is 5.82 Å². The van der Waals surface area contributed by atoms with Crippen LogP contribution in [0, 0.1) is 0 Å². The van der Waals surface area contributed by atoms with Gasteiger partial charge in [-0.05, 0) is 47.5 Å². The molecule has 4 rings (SSSR count). The highest BCUT2D eigenvalue weighted by molar-refractivity contribution is 7.89. The first-order valence-corrected chi connectivity index (χ1v) is 10.2. The van der Waals surface area contributed by atoms with Crippen LogP contribution in [0.15, 0.2) is 77.7 Å². The van der Waals surface area contributed by atoms with Crippen LogP contribution in [0.3, 0.4) is 0 Å². The van der Waals surface area contributed by atoms with E-state index in [4.69, 9.17) is 11.6 Å². The minimum absolute atomic E-state index is 0.0932. The van der Waals surface area contributed by atoms with E-state index in [1.807, 2.05) is 36.4 Å². The van der Waals surface area contributed by atoms with Gasteiger partial charge in [-0.15, -0.1) is 0 Å². The fourth-order valence-corrected chi connectivity index (χ4v) is 3.92. The van der Waals surface area contributed by atoms with Gasteiger partial charge in [0, 0.05) is 5.02 Å². The third kappa shape index (κ3) is 3.88. The largest absolute Gasteiger partial charge is 0.341 e. The summed E-state index contributed by atoms with van der Waals surface area (Å²) in [6.07, 6.45) is 0. The van der Waals surface area contributed by atoms with E-state index >= 15 is 0 Å². The van der Waals surface area contributed by atoms with Gasteiger partial charge in [-0.25, -0.2) is 18.1 Å². The fraction of sp³-hybridized carbons (Fsp3) is 0.0500. The number of benzene rings is 3. The van der Waals surface area contributed by atoms with Gasteiger partial charge in [0.25, 0.3) is 0 Å².